The van der Waals surface area contributed by atoms with E-state index in [2.05, 4.69) is 10.2 Å². The second-order valence-corrected chi connectivity index (χ2v) is 6.07. The van der Waals surface area contributed by atoms with Crippen molar-refractivity contribution in [2.45, 2.75) is 18.8 Å². The molecular weight excluding hydrogens is 304 g/mol. The Morgan fingerprint density at radius 1 is 1.04 bits per heavy atom. The van der Waals surface area contributed by atoms with E-state index in [1.165, 1.54) is 0 Å². The topological polar surface area (TPSA) is 70.7 Å². The number of nitrogens with zero attached hydrogens (tertiary/aromatic N) is 4. The Morgan fingerprint density at radius 2 is 1.79 bits per heavy atom. The van der Waals surface area contributed by atoms with Crippen LogP contribution in [0.5, 0.6) is 5.75 Å². The Hall–Kier alpha value is -2.89. The SMILES string of the molecule is O=C(c1ccccc1O)N1CCC(c2nnc3ccccn23)CC1. The fourth-order valence-electron chi connectivity index (χ4n) is 3.30. The van der Waals surface area contributed by atoms with E-state index in [4.69, 9.17) is 0 Å². The van der Waals surface area contributed by atoms with Gasteiger partial charge in [0, 0.05) is 25.2 Å². The largest absolute Gasteiger partial charge is 0.507 e. The Kier molecular flexibility index (Phi) is 3.65. The fraction of sp³-hybridized carbons (Fsp3) is 0.278. The third kappa shape index (κ3) is 2.50. The van der Waals surface area contributed by atoms with Crippen LogP contribution >= 0.6 is 0 Å². The van der Waals surface area contributed by atoms with Crippen LogP contribution in [-0.4, -0.2) is 43.6 Å². The molecule has 0 radical (unpaired) electrons. The molecule has 122 valence electrons. The van der Waals surface area contributed by atoms with Crippen molar-refractivity contribution in [3.05, 3.63) is 60.0 Å². The van der Waals surface area contributed by atoms with Gasteiger partial charge in [-0.05, 0) is 37.1 Å². The quantitative estimate of drug-likeness (QED) is 0.787. The van der Waals surface area contributed by atoms with Crippen LogP contribution in [0.2, 0.25) is 0 Å². The van der Waals surface area contributed by atoms with Gasteiger partial charge in [-0.15, -0.1) is 10.2 Å². The minimum Gasteiger partial charge on any atom is -0.507 e. The summed E-state index contributed by atoms with van der Waals surface area (Å²) >= 11 is 0. The lowest BCUT2D eigenvalue weighted by atomic mass is 9.95. The number of hydrogen-bond acceptors (Lipinski definition) is 4. The summed E-state index contributed by atoms with van der Waals surface area (Å²) in [6.07, 6.45) is 3.66. The molecule has 1 aliphatic heterocycles. The summed E-state index contributed by atoms with van der Waals surface area (Å²) in [4.78, 5) is 14.4. The minimum absolute atomic E-state index is 0.0353. The molecule has 0 spiro atoms. The van der Waals surface area contributed by atoms with Gasteiger partial charge >= 0.3 is 0 Å². The first-order chi connectivity index (χ1) is 11.7. The third-order valence-corrected chi connectivity index (χ3v) is 4.62. The van der Waals surface area contributed by atoms with Crippen LogP contribution in [0, 0.1) is 0 Å². The van der Waals surface area contributed by atoms with Gasteiger partial charge in [-0.2, -0.15) is 0 Å². The number of pyridine rings is 1. The summed E-state index contributed by atoms with van der Waals surface area (Å²) < 4.78 is 2.02. The number of phenolic OH excluding ortho intramolecular Hbond substituents is 1. The molecule has 1 fully saturated rings. The van der Waals surface area contributed by atoms with Crippen molar-refractivity contribution in [1.82, 2.24) is 19.5 Å². The molecule has 1 amide bonds. The number of phenols is 1. The molecule has 1 aromatic carbocycles. The highest BCUT2D eigenvalue weighted by Crippen LogP contribution is 2.28. The van der Waals surface area contributed by atoms with E-state index < -0.39 is 0 Å². The molecular formula is C18H18N4O2. The number of carbonyl (C=O) groups is 1. The average molecular weight is 322 g/mol. The number of benzene rings is 1. The van der Waals surface area contributed by atoms with Crippen LogP contribution in [-0.2, 0) is 0 Å². The van der Waals surface area contributed by atoms with Gasteiger partial charge < -0.3 is 10.0 Å². The maximum absolute atomic E-state index is 12.6. The van der Waals surface area contributed by atoms with Crippen LogP contribution in [0.25, 0.3) is 5.65 Å². The smallest absolute Gasteiger partial charge is 0.257 e. The molecule has 0 unspecified atom stereocenters. The lowest BCUT2D eigenvalue weighted by Gasteiger charge is -2.31. The molecule has 6 nitrogen and oxygen atoms in total. The van der Waals surface area contributed by atoms with Gasteiger partial charge in [-0.3, -0.25) is 9.20 Å². The van der Waals surface area contributed by atoms with Crippen molar-refractivity contribution in [2.75, 3.05) is 13.1 Å². The van der Waals surface area contributed by atoms with E-state index in [0.717, 1.165) is 24.3 Å². The number of fused-ring (bicyclic) bond motifs is 1. The Labute approximate surface area is 139 Å². The lowest BCUT2D eigenvalue weighted by Crippen LogP contribution is -2.38. The summed E-state index contributed by atoms with van der Waals surface area (Å²) in [6, 6.07) is 12.5. The van der Waals surface area contributed by atoms with Crippen molar-refractivity contribution in [1.29, 1.82) is 0 Å². The number of hydrogen-bond donors (Lipinski definition) is 1. The number of likely N-dealkylation sites (tertiary alicyclic amines) is 1. The van der Waals surface area contributed by atoms with E-state index in [1.807, 2.05) is 28.8 Å². The normalized spacial score (nSPS) is 15.8. The number of carbonyl (C=O) groups excluding carboxylic acids is 1. The number of aromatic nitrogens is 3. The van der Waals surface area contributed by atoms with Crippen LogP contribution in [0.1, 0.15) is 34.9 Å². The molecule has 6 heteroatoms. The molecule has 2 aromatic heterocycles. The first-order valence-electron chi connectivity index (χ1n) is 8.11. The standard InChI is InChI=1S/C18H18N4O2/c23-15-6-2-1-5-14(15)18(24)21-11-8-13(9-12-21)17-20-19-16-7-3-4-10-22(16)17/h1-7,10,13,23H,8-9,11-12H2. The zero-order valence-corrected chi connectivity index (χ0v) is 13.2. The van der Waals surface area contributed by atoms with Crippen LogP contribution in [0.15, 0.2) is 48.7 Å². The molecule has 0 aliphatic carbocycles. The number of rotatable bonds is 2. The highest BCUT2D eigenvalue weighted by Gasteiger charge is 2.28. The number of para-hydroxylation sites is 1. The minimum atomic E-state index is -0.113. The van der Waals surface area contributed by atoms with E-state index in [0.29, 0.717) is 18.7 Å². The Balaban J connectivity index is 1.49. The van der Waals surface area contributed by atoms with E-state index in [-0.39, 0.29) is 17.6 Å². The van der Waals surface area contributed by atoms with Crippen LogP contribution in [0.4, 0.5) is 0 Å². The molecule has 3 aromatic rings. The second kappa shape index (κ2) is 5.96. The van der Waals surface area contributed by atoms with Crippen LogP contribution < -0.4 is 0 Å². The van der Waals surface area contributed by atoms with Gasteiger partial charge in [0.15, 0.2) is 5.65 Å². The first-order valence-corrected chi connectivity index (χ1v) is 8.11. The summed E-state index contributed by atoms with van der Waals surface area (Å²) in [6.45, 7) is 1.30. The second-order valence-electron chi connectivity index (χ2n) is 6.07. The van der Waals surface area contributed by atoms with Crippen LogP contribution in [0.3, 0.4) is 0 Å². The number of amides is 1. The predicted octanol–water partition coefficient (Wildman–Crippen LogP) is 2.45. The summed E-state index contributed by atoms with van der Waals surface area (Å²) in [5, 5.41) is 18.4. The molecule has 24 heavy (non-hydrogen) atoms. The summed E-state index contributed by atoms with van der Waals surface area (Å²) in [5.74, 6) is 1.17. The van der Waals surface area contributed by atoms with Gasteiger partial charge in [0.1, 0.15) is 11.6 Å². The van der Waals surface area contributed by atoms with Gasteiger partial charge in [-0.25, -0.2) is 0 Å². The van der Waals surface area contributed by atoms with Crippen molar-refractivity contribution in [3.63, 3.8) is 0 Å². The fourth-order valence-corrected chi connectivity index (χ4v) is 3.30. The molecule has 3 heterocycles. The van der Waals surface area contributed by atoms with E-state index in [1.54, 1.807) is 29.2 Å². The Morgan fingerprint density at radius 3 is 2.58 bits per heavy atom. The summed E-state index contributed by atoms with van der Waals surface area (Å²) in [5.41, 5.74) is 1.21. The van der Waals surface area contributed by atoms with Crippen molar-refractivity contribution in [3.8, 4) is 5.75 Å². The van der Waals surface area contributed by atoms with Gasteiger partial charge in [0.2, 0.25) is 0 Å². The molecule has 1 saturated heterocycles. The molecule has 1 aliphatic rings. The number of piperidine rings is 1. The zero-order chi connectivity index (χ0) is 16.5. The van der Waals surface area contributed by atoms with E-state index in [9.17, 15) is 9.90 Å². The molecule has 0 saturated carbocycles. The maximum atomic E-state index is 12.6. The maximum Gasteiger partial charge on any atom is 0.257 e. The average Bonchev–Trinajstić information content (AvgIpc) is 3.06. The van der Waals surface area contributed by atoms with Gasteiger partial charge in [0.05, 0.1) is 5.56 Å². The van der Waals surface area contributed by atoms with E-state index >= 15 is 0 Å². The van der Waals surface area contributed by atoms with Crippen molar-refractivity contribution in [2.24, 2.45) is 0 Å². The Bertz CT molecular complexity index is 881. The van der Waals surface area contributed by atoms with Gasteiger partial charge in [-0.1, -0.05) is 18.2 Å². The van der Waals surface area contributed by atoms with Crippen molar-refractivity contribution < 1.29 is 9.90 Å². The highest BCUT2D eigenvalue weighted by atomic mass is 16.3. The first kappa shape index (κ1) is 14.7. The molecule has 0 atom stereocenters. The molecule has 4 rings (SSSR count). The monoisotopic (exact) mass is 322 g/mol. The summed E-state index contributed by atoms with van der Waals surface area (Å²) in [7, 11) is 0. The molecule has 1 N–H and O–H groups in total. The van der Waals surface area contributed by atoms with Gasteiger partial charge in [0.25, 0.3) is 5.91 Å². The predicted molar refractivity (Wildman–Crippen MR) is 89.0 cm³/mol. The number of aromatic hydroxyl groups is 1. The van der Waals surface area contributed by atoms with Crippen molar-refractivity contribution >= 4 is 11.6 Å². The third-order valence-electron chi connectivity index (χ3n) is 4.62. The zero-order valence-electron chi connectivity index (χ0n) is 13.2. The lowest BCUT2D eigenvalue weighted by molar-refractivity contribution is 0.0708. The molecule has 0 bridgehead atoms. The highest BCUT2D eigenvalue weighted by molar-refractivity contribution is 5.96.